The maximum absolute atomic E-state index is 13.9. The number of hydrogen-bond acceptors (Lipinski definition) is 4. The number of halogens is 1. The molecule has 136 valence electrons. The Kier molecular flexibility index (Phi) is 6.98. The SMILES string of the molecule is C=CCN(CC=C)C(=O)/C(C#N)=C\N1CCN(c2ccccc2F)CC1. The van der Waals surface area contributed by atoms with Gasteiger partial charge in [0.15, 0.2) is 0 Å². The first kappa shape index (κ1) is 19.3. The molecule has 26 heavy (non-hydrogen) atoms. The topological polar surface area (TPSA) is 50.6 Å². The van der Waals surface area contributed by atoms with Crippen molar-refractivity contribution in [2.75, 3.05) is 44.2 Å². The molecule has 0 atom stereocenters. The van der Waals surface area contributed by atoms with E-state index in [0.717, 1.165) is 0 Å². The first-order chi connectivity index (χ1) is 12.6. The number of hydrogen-bond donors (Lipinski definition) is 0. The van der Waals surface area contributed by atoms with Crippen LogP contribution >= 0.6 is 0 Å². The Balaban J connectivity index is 2.04. The number of nitrogens with zero attached hydrogens (tertiary/aromatic N) is 4. The Bertz CT molecular complexity index is 720. The van der Waals surface area contributed by atoms with Gasteiger partial charge in [0.1, 0.15) is 17.5 Å². The minimum Gasteiger partial charge on any atom is -0.373 e. The highest BCUT2D eigenvalue weighted by molar-refractivity contribution is 5.97. The molecule has 0 N–H and O–H groups in total. The van der Waals surface area contributed by atoms with E-state index in [1.807, 2.05) is 21.9 Å². The van der Waals surface area contributed by atoms with Crippen molar-refractivity contribution in [3.8, 4) is 6.07 Å². The molecule has 1 amide bonds. The van der Waals surface area contributed by atoms with Crippen LogP contribution in [-0.2, 0) is 4.79 Å². The lowest BCUT2D eigenvalue weighted by molar-refractivity contribution is -0.125. The van der Waals surface area contributed by atoms with Crippen LogP contribution in [0.4, 0.5) is 10.1 Å². The second-order valence-corrected chi connectivity index (χ2v) is 5.92. The Morgan fingerprint density at radius 2 is 1.81 bits per heavy atom. The summed E-state index contributed by atoms with van der Waals surface area (Å²) in [6.45, 7) is 10.4. The van der Waals surface area contributed by atoms with Gasteiger partial charge in [-0.25, -0.2) is 4.39 Å². The lowest BCUT2D eigenvalue weighted by Crippen LogP contribution is -2.45. The number of anilines is 1. The third kappa shape index (κ3) is 4.73. The fraction of sp³-hybridized carbons (Fsp3) is 0.300. The smallest absolute Gasteiger partial charge is 0.266 e. The molecule has 1 saturated heterocycles. The summed E-state index contributed by atoms with van der Waals surface area (Å²) in [5, 5.41) is 9.37. The second-order valence-electron chi connectivity index (χ2n) is 5.92. The first-order valence-corrected chi connectivity index (χ1v) is 8.47. The molecule has 0 radical (unpaired) electrons. The molecule has 1 fully saturated rings. The number of nitriles is 1. The van der Waals surface area contributed by atoms with E-state index in [1.54, 1.807) is 30.5 Å². The van der Waals surface area contributed by atoms with Gasteiger partial charge >= 0.3 is 0 Å². The highest BCUT2D eigenvalue weighted by Crippen LogP contribution is 2.20. The van der Waals surface area contributed by atoms with Crippen molar-refractivity contribution < 1.29 is 9.18 Å². The fourth-order valence-corrected chi connectivity index (χ4v) is 2.84. The van der Waals surface area contributed by atoms with E-state index in [1.165, 1.54) is 11.0 Å². The van der Waals surface area contributed by atoms with Crippen molar-refractivity contribution in [3.05, 3.63) is 67.2 Å². The molecule has 1 aliphatic heterocycles. The Hall–Kier alpha value is -3.07. The minimum absolute atomic E-state index is 0.0769. The zero-order valence-electron chi connectivity index (χ0n) is 14.8. The molecule has 0 aliphatic carbocycles. The third-order valence-electron chi connectivity index (χ3n) is 4.16. The molecule has 1 aromatic carbocycles. The molecule has 1 aliphatic rings. The Morgan fingerprint density at radius 1 is 1.19 bits per heavy atom. The predicted octanol–water partition coefficient (Wildman–Crippen LogP) is 2.56. The molecular weight excluding hydrogens is 331 g/mol. The summed E-state index contributed by atoms with van der Waals surface area (Å²) < 4.78 is 13.9. The lowest BCUT2D eigenvalue weighted by Gasteiger charge is -2.35. The molecule has 0 saturated carbocycles. The summed E-state index contributed by atoms with van der Waals surface area (Å²) in [5.74, 6) is -0.585. The van der Waals surface area contributed by atoms with Crippen LogP contribution in [-0.4, -0.2) is 55.0 Å². The van der Waals surface area contributed by atoms with E-state index in [0.29, 0.717) is 45.0 Å². The molecule has 1 aromatic rings. The van der Waals surface area contributed by atoms with E-state index >= 15 is 0 Å². The molecule has 2 rings (SSSR count). The summed E-state index contributed by atoms with van der Waals surface area (Å²) in [6.07, 6.45) is 4.83. The van der Waals surface area contributed by atoms with Crippen LogP contribution in [0.2, 0.25) is 0 Å². The molecule has 0 spiro atoms. The first-order valence-electron chi connectivity index (χ1n) is 8.47. The average Bonchev–Trinajstić information content (AvgIpc) is 2.66. The van der Waals surface area contributed by atoms with Crippen LogP contribution in [0.5, 0.6) is 0 Å². The predicted molar refractivity (Wildman–Crippen MR) is 101 cm³/mol. The summed E-state index contributed by atoms with van der Waals surface area (Å²) in [7, 11) is 0. The molecule has 5 nitrogen and oxygen atoms in total. The van der Waals surface area contributed by atoms with Gasteiger partial charge in [-0.05, 0) is 12.1 Å². The van der Waals surface area contributed by atoms with Gasteiger partial charge in [-0.1, -0.05) is 24.3 Å². The monoisotopic (exact) mass is 354 g/mol. The van der Waals surface area contributed by atoms with Gasteiger partial charge in [0.2, 0.25) is 0 Å². The number of carbonyl (C=O) groups is 1. The summed E-state index contributed by atoms with van der Waals surface area (Å²) in [5.41, 5.74) is 0.656. The molecule has 0 unspecified atom stereocenters. The van der Waals surface area contributed by atoms with Gasteiger partial charge < -0.3 is 14.7 Å². The van der Waals surface area contributed by atoms with Crippen LogP contribution in [0.3, 0.4) is 0 Å². The van der Waals surface area contributed by atoms with Crippen LogP contribution in [0.25, 0.3) is 0 Å². The minimum atomic E-state index is -0.344. The van der Waals surface area contributed by atoms with Gasteiger partial charge in [-0.2, -0.15) is 5.26 Å². The van der Waals surface area contributed by atoms with Crippen molar-refractivity contribution in [2.45, 2.75) is 0 Å². The van der Waals surface area contributed by atoms with Crippen molar-refractivity contribution in [1.82, 2.24) is 9.80 Å². The summed E-state index contributed by atoms with van der Waals surface area (Å²) in [6, 6.07) is 8.67. The van der Waals surface area contributed by atoms with Crippen molar-refractivity contribution in [2.24, 2.45) is 0 Å². The van der Waals surface area contributed by atoms with Crippen LogP contribution in [0, 0.1) is 17.1 Å². The largest absolute Gasteiger partial charge is 0.373 e. The summed E-state index contributed by atoms with van der Waals surface area (Å²) >= 11 is 0. The van der Waals surface area contributed by atoms with Gasteiger partial charge in [-0.3, -0.25) is 4.79 Å². The molecule has 0 aromatic heterocycles. The van der Waals surface area contributed by atoms with Crippen molar-refractivity contribution >= 4 is 11.6 Å². The van der Waals surface area contributed by atoms with Crippen molar-refractivity contribution in [3.63, 3.8) is 0 Å². The summed E-state index contributed by atoms with van der Waals surface area (Å²) in [4.78, 5) is 17.9. The quantitative estimate of drug-likeness (QED) is 0.429. The van der Waals surface area contributed by atoms with Gasteiger partial charge in [-0.15, -0.1) is 13.2 Å². The Morgan fingerprint density at radius 3 is 2.35 bits per heavy atom. The number of amides is 1. The highest BCUT2D eigenvalue weighted by atomic mass is 19.1. The third-order valence-corrected chi connectivity index (χ3v) is 4.16. The van der Waals surface area contributed by atoms with E-state index in [4.69, 9.17) is 0 Å². The Labute approximate surface area is 153 Å². The van der Waals surface area contributed by atoms with Gasteiger partial charge in [0.25, 0.3) is 5.91 Å². The molecule has 6 heteroatoms. The van der Waals surface area contributed by atoms with Crippen LogP contribution < -0.4 is 4.90 Å². The van der Waals surface area contributed by atoms with Gasteiger partial charge in [0, 0.05) is 45.5 Å². The molecular formula is C20H23FN4O. The molecule has 0 bridgehead atoms. The number of rotatable bonds is 7. The highest BCUT2D eigenvalue weighted by Gasteiger charge is 2.21. The van der Waals surface area contributed by atoms with Crippen LogP contribution in [0.15, 0.2) is 61.3 Å². The number of carbonyl (C=O) groups excluding carboxylic acids is 1. The van der Waals surface area contributed by atoms with Gasteiger partial charge in [0.05, 0.1) is 5.69 Å². The van der Waals surface area contributed by atoms with Crippen LogP contribution in [0.1, 0.15) is 0 Å². The standard InChI is InChI=1S/C20H23FN4O/c1-3-9-25(10-4-2)20(26)17(15-22)16-23-11-13-24(14-12-23)19-8-6-5-7-18(19)21/h3-8,16H,1-2,9-14H2/b17-16-. The van der Waals surface area contributed by atoms with E-state index < -0.39 is 0 Å². The van der Waals surface area contributed by atoms with Crippen molar-refractivity contribution in [1.29, 1.82) is 5.26 Å². The molecule has 1 heterocycles. The lowest BCUT2D eigenvalue weighted by atomic mass is 10.2. The zero-order chi connectivity index (χ0) is 18.9. The number of para-hydroxylation sites is 1. The number of benzene rings is 1. The maximum atomic E-state index is 13.9. The second kappa shape index (κ2) is 9.42. The number of piperazine rings is 1. The normalized spacial score (nSPS) is 14.5. The van der Waals surface area contributed by atoms with E-state index in [2.05, 4.69) is 13.2 Å². The zero-order valence-corrected chi connectivity index (χ0v) is 14.8. The maximum Gasteiger partial charge on any atom is 0.266 e. The fourth-order valence-electron chi connectivity index (χ4n) is 2.84. The van der Waals surface area contributed by atoms with E-state index in [-0.39, 0.29) is 17.3 Å². The average molecular weight is 354 g/mol. The van der Waals surface area contributed by atoms with E-state index in [9.17, 15) is 14.4 Å².